The molecular weight excluding hydrogens is 187 g/mol. The van der Waals surface area contributed by atoms with Gasteiger partial charge in [0.15, 0.2) is 6.29 Å². The maximum atomic E-state index is 8.88. The molecule has 0 radical (unpaired) electrons. The Labute approximate surface area is 76.1 Å². The molecule has 1 aliphatic rings. The fraction of sp³-hybridized carbons (Fsp3) is 1.00. The third kappa shape index (κ3) is 2.22. The van der Waals surface area contributed by atoms with Crippen LogP contribution in [0.1, 0.15) is 19.3 Å². The third-order valence-electron chi connectivity index (χ3n) is 2.15. The molecule has 0 spiro atoms. The van der Waals surface area contributed by atoms with Gasteiger partial charge in [-0.25, -0.2) is 0 Å². The van der Waals surface area contributed by atoms with Gasteiger partial charge in [-0.1, -0.05) is 6.42 Å². The van der Waals surface area contributed by atoms with E-state index in [1.54, 1.807) is 0 Å². The molecule has 66 valence electrons. The van der Waals surface area contributed by atoms with Gasteiger partial charge in [0.05, 0.1) is 10.8 Å². The predicted molar refractivity (Wildman–Crippen MR) is 44.8 cm³/mol. The standard InChI is InChI=1S/C7H12Cl2O2/c8-5-3-1-2-4(6(5)9)7(10)11/h4-7,10-11H,1-3H2. The summed E-state index contributed by atoms with van der Waals surface area (Å²) in [6.45, 7) is 0. The van der Waals surface area contributed by atoms with E-state index in [0.717, 1.165) is 19.3 Å². The molecule has 0 heterocycles. The molecule has 2 N–H and O–H groups in total. The number of hydrogen-bond acceptors (Lipinski definition) is 2. The molecule has 0 aromatic rings. The zero-order chi connectivity index (χ0) is 8.43. The van der Waals surface area contributed by atoms with Crippen LogP contribution in [0.4, 0.5) is 0 Å². The van der Waals surface area contributed by atoms with E-state index in [-0.39, 0.29) is 16.7 Å². The van der Waals surface area contributed by atoms with Crippen molar-refractivity contribution >= 4 is 23.2 Å². The van der Waals surface area contributed by atoms with Crippen LogP contribution in [0.5, 0.6) is 0 Å². The van der Waals surface area contributed by atoms with Crippen molar-refractivity contribution in [2.45, 2.75) is 36.3 Å². The van der Waals surface area contributed by atoms with Crippen molar-refractivity contribution < 1.29 is 10.2 Å². The maximum Gasteiger partial charge on any atom is 0.155 e. The summed E-state index contributed by atoms with van der Waals surface area (Å²) in [6.07, 6.45) is 1.24. The van der Waals surface area contributed by atoms with Gasteiger partial charge < -0.3 is 10.2 Å². The highest BCUT2D eigenvalue weighted by molar-refractivity contribution is 6.30. The summed E-state index contributed by atoms with van der Waals surface area (Å²) in [5.74, 6) is -0.257. The minimum atomic E-state index is -1.32. The van der Waals surface area contributed by atoms with Crippen LogP contribution in [0.25, 0.3) is 0 Å². The summed E-state index contributed by atoms with van der Waals surface area (Å²) in [5, 5.41) is 17.3. The van der Waals surface area contributed by atoms with E-state index < -0.39 is 6.29 Å². The second kappa shape index (κ2) is 3.94. The Hall–Kier alpha value is 0.500. The molecule has 2 nitrogen and oxygen atoms in total. The molecule has 0 aromatic carbocycles. The monoisotopic (exact) mass is 198 g/mol. The van der Waals surface area contributed by atoms with Crippen molar-refractivity contribution in [3.8, 4) is 0 Å². The van der Waals surface area contributed by atoms with Crippen LogP contribution in [0.3, 0.4) is 0 Å². The Balaban J connectivity index is 2.51. The summed E-state index contributed by atoms with van der Waals surface area (Å²) in [7, 11) is 0. The van der Waals surface area contributed by atoms with Crippen LogP contribution in [0.15, 0.2) is 0 Å². The highest BCUT2D eigenvalue weighted by Gasteiger charge is 2.34. The first-order chi connectivity index (χ1) is 5.13. The molecule has 3 unspecified atom stereocenters. The van der Waals surface area contributed by atoms with E-state index in [4.69, 9.17) is 33.4 Å². The summed E-state index contributed by atoms with van der Waals surface area (Å²) in [5.41, 5.74) is 0. The lowest BCUT2D eigenvalue weighted by atomic mass is 9.88. The second-order valence-corrected chi connectivity index (χ2v) is 4.03. The number of halogens is 2. The smallest absolute Gasteiger partial charge is 0.155 e. The fourth-order valence-corrected chi connectivity index (χ4v) is 2.17. The number of aliphatic hydroxyl groups is 2. The first kappa shape index (κ1) is 9.59. The molecule has 1 rings (SSSR count). The number of alkyl halides is 2. The number of aliphatic hydroxyl groups excluding tert-OH is 1. The first-order valence-electron chi connectivity index (χ1n) is 3.77. The summed E-state index contributed by atoms with van der Waals surface area (Å²) < 4.78 is 0. The van der Waals surface area contributed by atoms with E-state index in [0.29, 0.717) is 0 Å². The predicted octanol–water partition coefficient (Wildman–Crippen LogP) is 1.31. The van der Waals surface area contributed by atoms with Gasteiger partial charge in [0.2, 0.25) is 0 Å². The molecule has 11 heavy (non-hydrogen) atoms. The lowest BCUT2D eigenvalue weighted by Gasteiger charge is -2.31. The van der Waals surface area contributed by atoms with Crippen molar-refractivity contribution in [2.24, 2.45) is 5.92 Å². The normalized spacial score (nSPS) is 39.5. The average molecular weight is 199 g/mol. The second-order valence-electron chi connectivity index (χ2n) is 2.97. The molecule has 0 aromatic heterocycles. The Morgan fingerprint density at radius 3 is 2.27 bits per heavy atom. The Kier molecular flexibility index (Phi) is 3.44. The topological polar surface area (TPSA) is 40.5 Å². The number of rotatable bonds is 1. The molecular formula is C7H12Cl2O2. The van der Waals surface area contributed by atoms with Crippen LogP contribution < -0.4 is 0 Å². The minimum Gasteiger partial charge on any atom is -0.368 e. The van der Waals surface area contributed by atoms with Crippen LogP contribution in [-0.4, -0.2) is 27.3 Å². The quantitative estimate of drug-likeness (QED) is 0.493. The molecule has 1 fully saturated rings. The lowest BCUT2D eigenvalue weighted by molar-refractivity contribution is -0.0907. The van der Waals surface area contributed by atoms with E-state index in [9.17, 15) is 0 Å². The molecule has 0 bridgehead atoms. The van der Waals surface area contributed by atoms with Crippen LogP contribution in [0, 0.1) is 5.92 Å². The Morgan fingerprint density at radius 2 is 1.82 bits per heavy atom. The molecule has 0 aliphatic heterocycles. The zero-order valence-corrected chi connectivity index (χ0v) is 7.59. The fourth-order valence-electron chi connectivity index (χ4n) is 1.45. The van der Waals surface area contributed by atoms with E-state index >= 15 is 0 Å². The maximum absolute atomic E-state index is 8.88. The van der Waals surface area contributed by atoms with Gasteiger partial charge in [0.1, 0.15) is 0 Å². The van der Waals surface area contributed by atoms with Gasteiger partial charge in [-0.15, -0.1) is 23.2 Å². The average Bonchev–Trinajstić information content (AvgIpc) is 1.94. The summed E-state index contributed by atoms with van der Waals surface area (Å²) in [6, 6.07) is 0. The van der Waals surface area contributed by atoms with Gasteiger partial charge in [0, 0.05) is 5.92 Å². The largest absolute Gasteiger partial charge is 0.368 e. The Bertz CT molecular complexity index is 130. The van der Waals surface area contributed by atoms with Crippen molar-refractivity contribution in [2.75, 3.05) is 0 Å². The van der Waals surface area contributed by atoms with Crippen molar-refractivity contribution in [3.05, 3.63) is 0 Å². The van der Waals surface area contributed by atoms with Crippen LogP contribution >= 0.6 is 23.2 Å². The minimum absolute atomic E-state index is 0.114. The SMILES string of the molecule is OC(O)C1CCCC(Cl)C1Cl. The van der Waals surface area contributed by atoms with Crippen LogP contribution in [-0.2, 0) is 0 Å². The van der Waals surface area contributed by atoms with Crippen LogP contribution in [0.2, 0.25) is 0 Å². The molecule has 4 heteroatoms. The number of hydrogen-bond donors (Lipinski definition) is 2. The van der Waals surface area contributed by atoms with Gasteiger partial charge in [-0.05, 0) is 12.8 Å². The molecule has 1 aliphatic carbocycles. The molecule has 1 saturated carbocycles. The van der Waals surface area contributed by atoms with Crippen molar-refractivity contribution in [3.63, 3.8) is 0 Å². The third-order valence-corrected chi connectivity index (χ3v) is 3.40. The highest BCUT2D eigenvalue weighted by Crippen LogP contribution is 2.33. The van der Waals surface area contributed by atoms with Gasteiger partial charge in [-0.3, -0.25) is 0 Å². The Morgan fingerprint density at radius 1 is 1.18 bits per heavy atom. The molecule has 0 amide bonds. The van der Waals surface area contributed by atoms with Gasteiger partial charge in [0.25, 0.3) is 0 Å². The lowest BCUT2D eigenvalue weighted by Crippen LogP contribution is -2.37. The van der Waals surface area contributed by atoms with E-state index in [1.165, 1.54) is 0 Å². The summed E-state index contributed by atoms with van der Waals surface area (Å²) in [4.78, 5) is 0. The molecule has 0 saturated heterocycles. The van der Waals surface area contributed by atoms with E-state index in [2.05, 4.69) is 0 Å². The first-order valence-corrected chi connectivity index (χ1v) is 4.64. The van der Waals surface area contributed by atoms with Crippen molar-refractivity contribution in [1.29, 1.82) is 0 Å². The van der Waals surface area contributed by atoms with Gasteiger partial charge >= 0.3 is 0 Å². The summed E-state index contributed by atoms with van der Waals surface area (Å²) >= 11 is 11.7. The van der Waals surface area contributed by atoms with Crippen molar-refractivity contribution in [1.82, 2.24) is 0 Å². The molecule has 3 atom stereocenters. The highest BCUT2D eigenvalue weighted by atomic mass is 35.5. The van der Waals surface area contributed by atoms with Gasteiger partial charge in [-0.2, -0.15) is 0 Å². The zero-order valence-electron chi connectivity index (χ0n) is 6.08. The van der Waals surface area contributed by atoms with E-state index in [1.807, 2.05) is 0 Å².